The molecule has 3 heterocycles. The van der Waals surface area contributed by atoms with Crippen molar-refractivity contribution in [2.24, 2.45) is 11.5 Å². The molecule has 4 aromatic rings. The third kappa shape index (κ3) is 12.4. The molecule has 6 amide bonds. The van der Waals surface area contributed by atoms with E-state index in [2.05, 4.69) is 38.2 Å². The van der Waals surface area contributed by atoms with Gasteiger partial charge in [-0.05, 0) is 54.2 Å². The number of aromatic nitrogens is 3. The molecule has 15 nitrogen and oxygen atoms in total. The minimum Gasteiger partial charge on any atom is -0.361 e. The number of nitrogens with zero attached hydrogens (tertiary/aromatic N) is 5. The number of fused-ring (bicyclic) bond motifs is 1. The molecule has 1 aromatic carbocycles. The van der Waals surface area contributed by atoms with Crippen LogP contribution in [0.4, 0.5) is 4.79 Å². The zero-order valence-electron chi connectivity index (χ0n) is 28.9. The maximum Gasteiger partial charge on any atom is 0.312 e. The van der Waals surface area contributed by atoms with E-state index in [1.807, 2.05) is 30.5 Å². The van der Waals surface area contributed by atoms with Gasteiger partial charge in [-0.2, -0.15) is 12.6 Å². The van der Waals surface area contributed by atoms with Gasteiger partial charge in [0.05, 0.1) is 19.1 Å². The number of benzene rings is 1. The fraction of sp³-hybridized carbons (Fsp3) is 0.361. The lowest BCUT2D eigenvalue weighted by Crippen LogP contribution is -2.51. The maximum atomic E-state index is 14.2. The van der Waals surface area contributed by atoms with Crippen LogP contribution in [0.25, 0.3) is 10.9 Å². The maximum absolute atomic E-state index is 14.2. The quantitative estimate of drug-likeness (QED) is 0.0573. The largest absolute Gasteiger partial charge is 0.361 e. The molecule has 0 aliphatic heterocycles. The number of hydrogen-bond acceptors (Lipinski definition) is 9. The van der Waals surface area contributed by atoms with Gasteiger partial charge in [-0.25, -0.2) is 4.79 Å². The minimum atomic E-state index is -0.966. The molecule has 0 fully saturated rings. The second-order valence-corrected chi connectivity index (χ2v) is 12.7. The van der Waals surface area contributed by atoms with Crippen molar-refractivity contribution in [2.45, 2.75) is 38.4 Å². The number of para-hydroxylation sites is 1. The molecule has 16 heteroatoms. The summed E-state index contributed by atoms with van der Waals surface area (Å²) >= 11 is 4.15. The molecule has 7 N–H and O–H groups in total. The van der Waals surface area contributed by atoms with Crippen molar-refractivity contribution in [3.63, 3.8) is 0 Å². The van der Waals surface area contributed by atoms with Crippen LogP contribution in [-0.4, -0.2) is 110 Å². The molecule has 0 aliphatic rings. The highest BCUT2D eigenvalue weighted by Crippen LogP contribution is 2.19. The van der Waals surface area contributed by atoms with Crippen molar-refractivity contribution in [3.8, 4) is 0 Å². The van der Waals surface area contributed by atoms with Crippen molar-refractivity contribution in [1.29, 1.82) is 0 Å². The SMILES string of the molecule is NC(=O)NCCCC(N)C(=O)N(CC(=O)N(CCc1c[nH]c2ccccc12)CC(=O)N(CC(=O)NCCS)Cc1cccnc1)Cc1cccnc1. The number of rotatable bonds is 20. The number of nitrogens with two attached hydrogens (primary N) is 2. The Labute approximate surface area is 307 Å². The van der Waals surface area contributed by atoms with Gasteiger partial charge in [-0.3, -0.25) is 29.1 Å². The Kier molecular flexibility index (Phi) is 15.4. The van der Waals surface area contributed by atoms with Crippen molar-refractivity contribution >= 4 is 53.2 Å². The molecule has 1 atom stereocenters. The Morgan fingerprint density at radius 2 is 1.46 bits per heavy atom. The number of H-pyrrole nitrogens is 1. The Morgan fingerprint density at radius 1 is 0.808 bits per heavy atom. The summed E-state index contributed by atoms with van der Waals surface area (Å²) in [6, 6.07) is 13.2. The number of nitrogens with one attached hydrogen (secondary N) is 3. The first-order valence-electron chi connectivity index (χ1n) is 17.0. The van der Waals surface area contributed by atoms with E-state index in [-0.39, 0.29) is 58.1 Å². The van der Waals surface area contributed by atoms with Gasteiger partial charge < -0.3 is 41.8 Å². The monoisotopic (exact) mass is 730 g/mol. The lowest BCUT2D eigenvalue weighted by Gasteiger charge is -2.31. The van der Waals surface area contributed by atoms with Gasteiger partial charge in [-0.15, -0.1) is 0 Å². The average Bonchev–Trinajstić information content (AvgIpc) is 3.56. The van der Waals surface area contributed by atoms with E-state index in [0.29, 0.717) is 36.3 Å². The van der Waals surface area contributed by atoms with E-state index in [1.54, 1.807) is 49.1 Å². The number of hydrogen-bond donors (Lipinski definition) is 6. The molecule has 4 rings (SSSR count). The second-order valence-electron chi connectivity index (χ2n) is 12.2. The lowest BCUT2D eigenvalue weighted by molar-refractivity contribution is -0.146. The molecule has 0 saturated heterocycles. The summed E-state index contributed by atoms with van der Waals surface area (Å²) < 4.78 is 0. The summed E-state index contributed by atoms with van der Waals surface area (Å²) in [5.74, 6) is -1.34. The highest BCUT2D eigenvalue weighted by molar-refractivity contribution is 7.80. The topological polar surface area (TPSA) is 213 Å². The highest BCUT2D eigenvalue weighted by atomic mass is 32.1. The van der Waals surface area contributed by atoms with E-state index in [1.165, 1.54) is 14.7 Å². The van der Waals surface area contributed by atoms with Crippen LogP contribution in [0, 0.1) is 0 Å². The van der Waals surface area contributed by atoms with Crippen molar-refractivity contribution in [3.05, 3.63) is 96.2 Å². The summed E-state index contributed by atoms with van der Waals surface area (Å²) in [7, 11) is 0. The molecule has 0 spiro atoms. The number of carbonyl (C=O) groups is 5. The van der Waals surface area contributed by atoms with Gasteiger partial charge in [0.25, 0.3) is 0 Å². The molecule has 0 aliphatic carbocycles. The second kappa shape index (κ2) is 20.4. The van der Waals surface area contributed by atoms with Gasteiger partial charge in [0.2, 0.25) is 23.6 Å². The van der Waals surface area contributed by atoms with Gasteiger partial charge >= 0.3 is 6.03 Å². The molecule has 1 unspecified atom stereocenters. The zero-order chi connectivity index (χ0) is 37.3. The van der Waals surface area contributed by atoms with E-state index in [4.69, 9.17) is 11.5 Å². The smallest absolute Gasteiger partial charge is 0.312 e. The fourth-order valence-electron chi connectivity index (χ4n) is 5.60. The molecule has 0 bridgehead atoms. The number of primary amides is 1. The van der Waals surface area contributed by atoms with E-state index < -0.39 is 29.8 Å². The molecule has 3 aromatic heterocycles. The Hall–Kier alpha value is -5.48. The number of thiol groups is 1. The first-order chi connectivity index (χ1) is 25.1. The summed E-state index contributed by atoms with van der Waals surface area (Å²) in [6.45, 7) is -0.0879. The normalized spacial score (nSPS) is 11.4. The van der Waals surface area contributed by atoms with E-state index in [9.17, 15) is 24.0 Å². The number of urea groups is 1. The van der Waals surface area contributed by atoms with E-state index in [0.717, 1.165) is 16.5 Å². The van der Waals surface area contributed by atoms with Crippen molar-refractivity contribution in [2.75, 3.05) is 45.0 Å². The van der Waals surface area contributed by atoms with Gasteiger partial charge in [0.1, 0.15) is 6.54 Å². The third-order valence-electron chi connectivity index (χ3n) is 8.26. The van der Waals surface area contributed by atoms with Crippen LogP contribution in [0.15, 0.2) is 79.5 Å². The predicted octanol–water partition coefficient (Wildman–Crippen LogP) is 1.21. The number of amides is 6. The Morgan fingerprint density at radius 3 is 2.12 bits per heavy atom. The molecule has 52 heavy (non-hydrogen) atoms. The summed E-state index contributed by atoms with van der Waals surface area (Å²) in [4.78, 5) is 81.5. The van der Waals surface area contributed by atoms with Crippen LogP contribution < -0.4 is 22.1 Å². The number of aromatic amines is 1. The average molecular weight is 731 g/mol. The van der Waals surface area contributed by atoms with Crippen LogP contribution in [0.5, 0.6) is 0 Å². The number of carbonyl (C=O) groups excluding carboxylic acids is 5. The first-order valence-corrected chi connectivity index (χ1v) is 17.6. The third-order valence-corrected chi connectivity index (χ3v) is 8.49. The Balaban J connectivity index is 1.58. The van der Waals surface area contributed by atoms with Crippen LogP contribution in [0.2, 0.25) is 0 Å². The number of pyridine rings is 2. The van der Waals surface area contributed by atoms with Crippen molar-refractivity contribution < 1.29 is 24.0 Å². The summed E-state index contributed by atoms with van der Waals surface area (Å²) in [5, 5.41) is 6.21. The molecule has 0 saturated carbocycles. The van der Waals surface area contributed by atoms with Crippen LogP contribution in [0.3, 0.4) is 0 Å². The molecular weight excluding hydrogens is 685 g/mol. The van der Waals surface area contributed by atoms with Crippen LogP contribution in [0.1, 0.15) is 29.5 Å². The Bertz CT molecular complexity index is 1770. The first kappa shape index (κ1) is 39.3. The van der Waals surface area contributed by atoms with Crippen LogP contribution in [-0.2, 0) is 38.7 Å². The molecule has 0 radical (unpaired) electrons. The zero-order valence-corrected chi connectivity index (χ0v) is 29.8. The predicted molar refractivity (Wildman–Crippen MR) is 200 cm³/mol. The highest BCUT2D eigenvalue weighted by Gasteiger charge is 2.28. The van der Waals surface area contributed by atoms with Crippen LogP contribution >= 0.6 is 12.6 Å². The standard InChI is InChI=1S/C36H46N10O5S/c37-30(9-5-14-42-36(38)51)35(50)46(22-27-7-4-13-40-19-27)25-33(48)44(16-11-28-20-43-31-10-2-1-8-29(28)31)24-34(49)45(23-32(47)41-15-17-52)21-26-6-3-12-39-18-26/h1-4,6-8,10,12-13,18-20,30,43,52H,5,9,11,14-17,21-25,37H2,(H,41,47)(H3,38,42,51). The lowest BCUT2D eigenvalue weighted by atomic mass is 10.1. The summed E-state index contributed by atoms with van der Waals surface area (Å²) in [5.41, 5.74) is 14.7. The van der Waals surface area contributed by atoms with Crippen molar-refractivity contribution in [1.82, 2.24) is 40.3 Å². The minimum absolute atomic E-state index is 0.0499. The van der Waals surface area contributed by atoms with Gasteiger partial charge in [0, 0.05) is 80.4 Å². The molecule has 276 valence electrons. The summed E-state index contributed by atoms with van der Waals surface area (Å²) in [6.07, 6.45) is 9.34. The van der Waals surface area contributed by atoms with Gasteiger partial charge in [-0.1, -0.05) is 30.3 Å². The van der Waals surface area contributed by atoms with E-state index >= 15 is 0 Å². The fourth-order valence-corrected chi connectivity index (χ4v) is 5.71. The van der Waals surface area contributed by atoms with Gasteiger partial charge in [0.15, 0.2) is 0 Å². The molecular formula is C36H46N10O5S.